The number of ether oxygens (including phenoxy) is 1. The monoisotopic (exact) mass is 399 g/mol. The molecule has 152 valence electrons. The standard InChI is InChI=1S/C18H37N3O2.2ClH/c1-12(2)16(19)8-9-20(7)18(22)17(13(3)4)21-10-14(5)23-15(6)11-21;;/h12-17H,8-11,19H2,1-7H3;2*1H. The minimum Gasteiger partial charge on any atom is -0.373 e. The van der Waals surface area contributed by atoms with E-state index in [1.165, 1.54) is 0 Å². The summed E-state index contributed by atoms with van der Waals surface area (Å²) in [6.07, 6.45) is 1.20. The molecule has 1 aliphatic heterocycles. The lowest BCUT2D eigenvalue weighted by Gasteiger charge is -2.42. The van der Waals surface area contributed by atoms with E-state index in [1.807, 2.05) is 11.9 Å². The largest absolute Gasteiger partial charge is 0.373 e. The van der Waals surface area contributed by atoms with E-state index in [4.69, 9.17) is 10.5 Å². The fourth-order valence-electron chi connectivity index (χ4n) is 3.32. The summed E-state index contributed by atoms with van der Waals surface area (Å²) < 4.78 is 5.81. The molecule has 0 radical (unpaired) electrons. The van der Waals surface area contributed by atoms with Gasteiger partial charge in [0.1, 0.15) is 0 Å². The molecular weight excluding hydrogens is 361 g/mol. The maximum Gasteiger partial charge on any atom is 0.239 e. The number of morpholine rings is 1. The first-order valence-corrected chi connectivity index (χ1v) is 9.03. The highest BCUT2D eigenvalue weighted by Gasteiger charge is 2.35. The molecule has 5 nitrogen and oxygen atoms in total. The summed E-state index contributed by atoms with van der Waals surface area (Å²) >= 11 is 0. The highest BCUT2D eigenvalue weighted by atomic mass is 35.5. The van der Waals surface area contributed by atoms with Gasteiger partial charge in [-0.15, -0.1) is 24.8 Å². The first-order chi connectivity index (χ1) is 10.6. The van der Waals surface area contributed by atoms with E-state index in [0.29, 0.717) is 5.92 Å². The van der Waals surface area contributed by atoms with Crippen LogP contribution in [-0.2, 0) is 9.53 Å². The van der Waals surface area contributed by atoms with E-state index < -0.39 is 0 Å². The van der Waals surface area contributed by atoms with Crippen LogP contribution >= 0.6 is 24.8 Å². The van der Waals surface area contributed by atoms with Crippen molar-refractivity contribution < 1.29 is 9.53 Å². The predicted molar refractivity (Wildman–Crippen MR) is 110 cm³/mol. The SMILES string of the molecule is CC1CN(C(C(=O)N(C)CCC(N)C(C)C)C(C)C)CC(C)O1.Cl.Cl. The molecule has 0 spiro atoms. The number of nitrogens with two attached hydrogens (primary N) is 1. The number of likely N-dealkylation sites (N-methyl/N-ethyl adjacent to an activating group) is 1. The van der Waals surface area contributed by atoms with Crippen LogP contribution < -0.4 is 5.73 Å². The average Bonchev–Trinajstić information content (AvgIpc) is 2.42. The van der Waals surface area contributed by atoms with Crippen LogP contribution in [0.25, 0.3) is 0 Å². The summed E-state index contributed by atoms with van der Waals surface area (Å²) in [5.74, 6) is 0.929. The summed E-state index contributed by atoms with van der Waals surface area (Å²) in [5, 5.41) is 0. The fourth-order valence-corrected chi connectivity index (χ4v) is 3.32. The zero-order valence-corrected chi connectivity index (χ0v) is 18.5. The third-order valence-electron chi connectivity index (χ3n) is 4.76. The number of carbonyl (C=O) groups excluding carboxylic acids is 1. The molecule has 4 atom stereocenters. The Hall–Kier alpha value is -0.0700. The maximum absolute atomic E-state index is 13.0. The lowest BCUT2D eigenvalue weighted by Crippen LogP contribution is -2.57. The Bertz CT molecular complexity index is 373. The second-order valence-corrected chi connectivity index (χ2v) is 7.86. The van der Waals surface area contributed by atoms with Crippen LogP contribution in [-0.4, -0.2) is 66.7 Å². The van der Waals surface area contributed by atoms with E-state index in [0.717, 1.165) is 26.1 Å². The van der Waals surface area contributed by atoms with Crippen molar-refractivity contribution in [2.45, 2.75) is 72.3 Å². The van der Waals surface area contributed by atoms with E-state index in [9.17, 15) is 4.79 Å². The average molecular weight is 400 g/mol. The second-order valence-electron chi connectivity index (χ2n) is 7.86. The van der Waals surface area contributed by atoms with Crippen LogP contribution in [0.4, 0.5) is 0 Å². The van der Waals surface area contributed by atoms with Crippen LogP contribution in [0.1, 0.15) is 48.0 Å². The summed E-state index contributed by atoms with van der Waals surface area (Å²) in [6, 6.07) is 0.0651. The van der Waals surface area contributed by atoms with Gasteiger partial charge in [-0.1, -0.05) is 27.7 Å². The molecule has 1 heterocycles. The Kier molecular flexibility index (Phi) is 13.4. The van der Waals surface area contributed by atoms with Gasteiger partial charge in [0, 0.05) is 32.7 Å². The Morgan fingerprint density at radius 2 is 1.60 bits per heavy atom. The molecule has 0 aromatic rings. The van der Waals surface area contributed by atoms with Crippen molar-refractivity contribution in [3.05, 3.63) is 0 Å². The van der Waals surface area contributed by atoms with Crippen LogP contribution in [0.2, 0.25) is 0 Å². The maximum atomic E-state index is 13.0. The molecule has 1 aliphatic rings. The van der Waals surface area contributed by atoms with Gasteiger partial charge >= 0.3 is 0 Å². The Balaban J connectivity index is 0. The molecule has 2 N–H and O–H groups in total. The molecule has 25 heavy (non-hydrogen) atoms. The number of rotatable bonds is 7. The van der Waals surface area contributed by atoms with Gasteiger partial charge in [-0.3, -0.25) is 9.69 Å². The van der Waals surface area contributed by atoms with Gasteiger partial charge in [0.05, 0.1) is 18.2 Å². The Labute approximate surface area is 166 Å². The third-order valence-corrected chi connectivity index (χ3v) is 4.76. The minimum atomic E-state index is -0.0796. The van der Waals surface area contributed by atoms with Crippen molar-refractivity contribution in [3.63, 3.8) is 0 Å². The zero-order chi connectivity index (χ0) is 17.7. The number of hydrogen-bond donors (Lipinski definition) is 1. The van der Waals surface area contributed by atoms with Gasteiger partial charge in [-0.25, -0.2) is 0 Å². The second kappa shape index (κ2) is 12.3. The van der Waals surface area contributed by atoms with Crippen molar-refractivity contribution in [1.82, 2.24) is 9.80 Å². The Morgan fingerprint density at radius 3 is 2.00 bits per heavy atom. The molecular formula is C18H39Cl2N3O2. The van der Waals surface area contributed by atoms with Gasteiger partial charge in [0.15, 0.2) is 0 Å². The van der Waals surface area contributed by atoms with Crippen molar-refractivity contribution in [2.24, 2.45) is 17.6 Å². The number of carbonyl (C=O) groups is 1. The van der Waals surface area contributed by atoms with Gasteiger partial charge in [0.25, 0.3) is 0 Å². The molecule has 1 rings (SSSR count). The summed E-state index contributed by atoms with van der Waals surface area (Å²) in [4.78, 5) is 17.1. The van der Waals surface area contributed by atoms with E-state index >= 15 is 0 Å². The molecule has 0 bridgehead atoms. The fraction of sp³-hybridized carbons (Fsp3) is 0.944. The van der Waals surface area contributed by atoms with Crippen molar-refractivity contribution >= 4 is 30.7 Å². The van der Waals surface area contributed by atoms with Gasteiger partial charge < -0.3 is 15.4 Å². The molecule has 0 saturated carbocycles. The number of hydrogen-bond acceptors (Lipinski definition) is 4. The van der Waals surface area contributed by atoms with E-state index in [-0.39, 0.29) is 60.9 Å². The minimum absolute atomic E-state index is 0. The smallest absolute Gasteiger partial charge is 0.239 e. The van der Waals surface area contributed by atoms with Gasteiger partial charge in [-0.05, 0) is 32.1 Å². The molecule has 1 fully saturated rings. The number of nitrogens with zero attached hydrogens (tertiary/aromatic N) is 2. The lowest BCUT2D eigenvalue weighted by molar-refractivity contribution is -0.144. The zero-order valence-electron chi connectivity index (χ0n) is 16.9. The van der Waals surface area contributed by atoms with E-state index in [1.54, 1.807) is 0 Å². The number of amides is 1. The molecule has 4 unspecified atom stereocenters. The van der Waals surface area contributed by atoms with E-state index in [2.05, 4.69) is 46.4 Å². The summed E-state index contributed by atoms with van der Waals surface area (Å²) in [5.41, 5.74) is 6.12. The Morgan fingerprint density at radius 1 is 1.12 bits per heavy atom. The van der Waals surface area contributed by atoms with Crippen LogP contribution in [0.5, 0.6) is 0 Å². The summed E-state index contributed by atoms with van der Waals surface area (Å²) in [6.45, 7) is 15.0. The normalized spacial score (nSPS) is 23.6. The molecule has 0 aromatic heterocycles. The van der Waals surface area contributed by atoms with Crippen molar-refractivity contribution in [3.8, 4) is 0 Å². The molecule has 1 saturated heterocycles. The molecule has 1 amide bonds. The van der Waals surface area contributed by atoms with Crippen LogP contribution in [0.3, 0.4) is 0 Å². The predicted octanol–water partition coefficient (Wildman–Crippen LogP) is 2.80. The van der Waals surface area contributed by atoms with Gasteiger partial charge in [-0.2, -0.15) is 0 Å². The lowest BCUT2D eigenvalue weighted by atomic mass is 9.98. The number of halogens is 2. The first kappa shape index (κ1) is 27.2. The van der Waals surface area contributed by atoms with Crippen molar-refractivity contribution in [1.29, 1.82) is 0 Å². The van der Waals surface area contributed by atoms with Crippen LogP contribution in [0.15, 0.2) is 0 Å². The first-order valence-electron chi connectivity index (χ1n) is 9.03. The highest BCUT2D eigenvalue weighted by molar-refractivity contribution is 5.85. The highest BCUT2D eigenvalue weighted by Crippen LogP contribution is 2.20. The molecule has 7 heteroatoms. The van der Waals surface area contributed by atoms with Crippen LogP contribution in [0, 0.1) is 11.8 Å². The quantitative estimate of drug-likeness (QED) is 0.714. The topological polar surface area (TPSA) is 58.8 Å². The third kappa shape index (κ3) is 8.44. The molecule has 0 aromatic carbocycles. The summed E-state index contributed by atoms with van der Waals surface area (Å²) in [7, 11) is 1.90. The van der Waals surface area contributed by atoms with Crippen molar-refractivity contribution in [2.75, 3.05) is 26.7 Å². The molecule has 0 aliphatic carbocycles. The van der Waals surface area contributed by atoms with Gasteiger partial charge in [0.2, 0.25) is 5.91 Å².